The van der Waals surface area contributed by atoms with Crippen molar-refractivity contribution in [2.24, 2.45) is 11.5 Å². The van der Waals surface area contributed by atoms with Gasteiger partial charge in [0.2, 0.25) is 0 Å². The predicted octanol–water partition coefficient (Wildman–Crippen LogP) is 0.940. The second kappa shape index (κ2) is 4.67. The van der Waals surface area contributed by atoms with Gasteiger partial charge >= 0.3 is 0 Å². The van der Waals surface area contributed by atoms with E-state index >= 15 is 0 Å². The Morgan fingerprint density at radius 2 is 2.14 bits per heavy atom. The van der Waals surface area contributed by atoms with Crippen molar-refractivity contribution in [3.63, 3.8) is 0 Å². The molecule has 5 N–H and O–H groups in total. The molecule has 3 heteroatoms. The molecule has 1 aliphatic rings. The summed E-state index contributed by atoms with van der Waals surface area (Å²) in [5.74, 6) is 0. The summed E-state index contributed by atoms with van der Waals surface area (Å²) >= 11 is 0. The number of aliphatic hydroxyl groups excluding tert-OH is 1. The maximum atomic E-state index is 9.16. The topological polar surface area (TPSA) is 72.3 Å². The van der Waals surface area contributed by atoms with Crippen LogP contribution in [-0.4, -0.2) is 11.7 Å². The molecule has 3 nitrogen and oxygen atoms in total. The Morgan fingerprint density at radius 3 is 2.64 bits per heavy atom. The van der Waals surface area contributed by atoms with Crippen molar-refractivity contribution in [2.45, 2.75) is 12.8 Å². The molecule has 0 fully saturated rings. The molecule has 0 aromatic carbocycles. The lowest BCUT2D eigenvalue weighted by Gasteiger charge is -2.14. The molecule has 14 heavy (non-hydrogen) atoms. The van der Waals surface area contributed by atoms with Gasteiger partial charge in [-0.25, -0.2) is 0 Å². The van der Waals surface area contributed by atoms with Crippen molar-refractivity contribution in [3.05, 3.63) is 47.3 Å². The van der Waals surface area contributed by atoms with Gasteiger partial charge in [-0.05, 0) is 30.1 Å². The average Bonchev–Trinajstić information content (AvgIpc) is 2.15. The third-order valence-electron chi connectivity index (χ3n) is 2.07. The van der Waals surface area contributed by atoms with Crippen LogP contribution in [0.15, 0.2) is 47.3 Å². The molecule has 0 saturated carbocycles. The van der Waals surface area contributed by atoms with E-state index in [-0.39, 0.29) is 6.61 Å². The van der Waals surface area contributed by atoms with Crippen molar-refractivity contribution in [3.8, 4) is 0 Å². The molecule has 0 heterocycles. The minimum Gasteiger partial charge on any atom is -0.399 e. The molecule has 0 aromatic heterocycles. The van der Waals surface area contributed by atoms with Gasteiger partial charge in [0.25, 0.3) is 0 Å². The van der Waals surface area contributed by atoms with Crippen LogP contribution in [0.4, 0.5) is 0 Å². The van der Waals surface area contributed by atoms with Crippen LogP contribution in [0.25, 0.3) is 0 Å². The van der Waals surface area contributed by atoms with Crippen molar-refractivity contribution in [1.29, 1.82) is 0 Å². The van der Waals surface area contributed by atoms with Gasteiger partial charge in [0.15, 0.2) is 0 Å². The summed E-state index contributed by atoms with van der Waals surface area (Å²) in [6, 6.07) is 0. The number of nitrogens with two attached hydrogens (primary N) is 2. The quantitative estimate of drug-likeness (QED) is 0.583. The zero-order valence-corrected chi connectivity index (χ0v) is 8.16. The highest BCUT2D eigenvalue weighted by molar-refractivity contribution is 5.48. The SMILES string of the molecule is C=C(N)/C=C(/CO)C1=CCCC=C1N. The number of hydrogen-bond donors (Lipinski definition) is 3. The fourth-order valence-corrected chi connectivity index (χ4v) is 1.44. The first-order valence-electron chi connectivity index (χ1n) is 4.57. The Kier molecular flexibility index (Phi) is 3.54. The van der Waals surface area contributed by atoms with Crippen LogP contribution in [0.2, 0.25) is 0 Å². The van der Waals surface area contributed by atoms with E-state index in [0.29, 0.717) is 11.4 Å². The fraction of sp³-hybridized carbons (Fsp3) is 0.273. The van der Waals surface area contributed by atoms with Crippen molar-refractivity contribution >= 4 is 0 Å². The summed E-state index contributed by atoms with van der Waals surface area (Å²) in [6.07, 6.45) is 7.53. The summed E-state index contributed by atoms with van der Waals surface area (Å²) in [6.45, 7) is 3.49. The van der Waals surface area contributed by atoms with Gasteiger partial charge in [-0.15, -0.1) is 0 Å². The molecule has 0 saturated heterocycles. The van der Waals surface area contributed by atoms with Gasteiger partial charge < -0.3 is 16.6 Å². The summed E-state index contributed by atoms with van der Waals surface area (Å²) in [5, 5.41) is 9.16. The van der Waals surface area contributed by atoms with Gasteiger partial charge in [-0.3, -0.25) is 0 Å². The maximum Gasteiger partial charge on any atom is 0.0689 e. The molecule has 0 bridgehead atoms. The zero-order chi connectivity index (χ0) is 10.6. The Labute approximate surface area is 84.1 Å². The van der Waals surface area contributed by atoms with Crippen LogP contribution < -0.4 is 11.5 Å². The standard InChI is InChI=1S/C11H16N2O/c1-8(12)6-9(7-14)10-4-2-3-5-11(10)13/h4-6,14H,1-3,7,12-13H2/b9-6-. The Balaban J connectivity index is 2.95. The van der Waals surface area contributed by atoms with Crippen molar-refractivity contribution in [2.75, 3.05) is 6.61 Å². The van der Waals surface area contributed by atoms with Crippen molar-refractivity contribution in [1.82, 2.24) is 0 Å². The van der Waals surface area contributed by atoms with Crippen LogP contribution in [-0.2, 0) is 0 Å². The highest BCUT2D eigenvalue weighted by atomic mass is 16.3. The smallest absolute Gasteiger partial charge is 0.0689 e. The third kappa shape index (κ3) is 2.50. The van der Waals surface area contributed by atoms with E-state index in [4.69, 9.17) is 16.6 Å². The molecule has 0 aliphatic heterocycles. The second-order valence-corrected chi connectivity index (χ2v) is 3.26. The molecule has 0 atom stereocenters. The largest absolute Gasteiger partial charge is 0.399 e. The van der Waals surface area contributed by atoms with Crippen LogP contribution in [0.5, 0.6) is 0 Å². The molecule has 1 aliphatic carbocycles. The van der Waals surface area contributed by atoms with Gasteiger partial charge in [0, 0.05) is 11.4 Å². The molecule has 0 unspecified atom stereocenters. The van der Waals surface area contributed by atoms with Gasteiger partial charge in [-0.1, -0.05) is 18.7 Å². The normalized spacial score (nSPS) is 17.4. The Bertz CT molecular complexity index is 324. The highest BCUT2D eigenvalue weighted by Crippen LogP contribution is 2.22. The summed E-state index contributed by atoms with van der Waals surface area (Å²) in [5.41, 5.74) is 14.0. The van der Waals surface area contributed by atoms with Crippen LogP contribution in [0.1, 0.15) is 12.8 Å². The van der Waals surface area contributed by atoms with E-state index in [1.54, 1.807) is 6.08 Å². The lowest BCUT2D eigenvalue weighted by Crippen LogP contribution is -2.10. The minimum absolute atomic E-state index is 0.0728. The number of rotatable bonds is 3. The molecule has 0 spiro atoms. The van der Waals surface area contributed by atoms with Gasteiger partial charge in [0.05, 0.1) is 6.61 Å². The van der Waals surface area contributed by atoms with E-state index in [1.165, 1.54) is 0 Å². The molecular weight excluding hydrogens is 176 g/mol. The van der Waals surface area contributed by atoms with E-state index in [2.05, 4.69) is 6.58 Å². The second-order valence-electron chi connectivity index (χ2n) is 3.26. The molecule has 0 aromatic rings. The summed E-state index contributed by atoms with van der Waals surface area (Å²) < 4.78 is 0. The third-order valence-corrected chi connectivity index (χ3v) is 2.07. The van der Waals surface area contributed by atoms with E-state index in [0.717, 1.165) is 24.0 Å². The highest BCUT2D eigenvalue weighted by Gasteiger charge is 2.09. The maximum absolute atomic E-state index is 9.16. The molecule has 1 rings (SSSR count). The van der Waals surface area contributed by atoms with Crippen LogP contribution in [0.3, 0.4) is 0 Å². The van der Waals surface area contributed by atoms with Gasteiger partial charge in [-0.2, -0.15) is 0 Å². The number of allylic oxidation sites excluding steroid dienone is 4. The Morgan fingerprint density at radius 1 is 1.50 bits per heavy atom. The molecular formula is C11H16N2O. The monoisotopic (exact) mass is 192 g/mol. The average molecular weight is 192 g/mol. The van der Waals surface area contributed by atoms with Crippen LogP contribution in [0, 0.1) is 0 Å². The first-order chi connectivity index (χ1) is 6.65. The molecule has 0 radical (unpaired) electrons. The number of hydrogen-bond acceptors (Lipinski definition) is 3. The summed E-state index contributed by atoms with van der Waals surface area (Å²) in [4.78, 5) is 0. The first-order valence-corrected chi connectivity index (χ1v) is 4.57. The zero-order valence-electron chi connectivity index (χ0n) is 8.16. The molecule has 0 amide bonds. The van der Waals surface area contributed by atoms with Crippen molar-refractivity contribution < 1.29 is 5.11 Å². The van der Waals surface area contributed by atoms with E-state index in [9.17, 15) is 0 Å². The lowest BCUT2D eigenvalue weighted by atomic mass is 9.96. The van der Waals surface area contributed by atoms with Crippen LogP contribution >= 0.6 is 0 Å². The van der Waals surface area contributed by atoms with Gasteiger partial charge in [0.1, 0.15) is 0 Å². The summed E-state index contributed by atoms with van der Waals surface area (Å²) in [7, 11) is 0. The molecule has 76 valence electrons. The van der Waals surface area contributed by atoms with E-state index in [1.807, 2.05) is 12.2 Å². The minimum atomic E-state index is -0.0728. The Hall–Kier alpha value is -1.48. The predicted molar refractivity (Wildman–Crippen MR) is 58.1 cm³/mol. The first kappa shape index (κ1) is 10.6. The van der Waals surface area contributed by atoms with E-state index < -0.39 is 0 Å². The fourth-order valence-electron chi connectivity index (χ4n) is 1.44. The lowest BCUT2D eigenvalue weighted by molar-refractivity contribution is 0.333. The number of aliphatic hydroxyl groups is 1.